The van der Waals surface area contributed by atoms with Crippen LogP contribution in [-0.2, 0) is 9.53 Å². The number of hydrogen-bond acceptors (Lipinski definition) is 3. The minimum Gasteiger partial charge on any atom is -0.461 e. The first-order valence-electron chi connectivity index (χ1n) is 2.44. The molecule has 0 amide bonds. The zero-order valence-corrected chi connectivity index (χ0v) is 5.18. The van der Waals surface area contributed by atoms with Crippen LogP contribution in [-0.4, -0.2) is 18.6 Å². The molecule has 0 heterocycles. The summed E-state index contributed by atoms with van der Waals surface area (Å²) in [4.78, 5) is 9.70. The molecule has 0 spiro atoms. The fraction of sp³-hybridized carbons (Fsp3) is 0.800. The van der Waals surface area contributed by atoms with E-state index < -0.39 is 5.60 Å². The van der Waals surface area contributed by atoms with Crippen molar-refractivity contribution in [3.8, 4) is 0 Å². The minimum absolute atomic E-state index is 0.353. The van der Waals surface area contributed by atoms with Crippen LogP contribution in [0.4, 0.5) is 0 Å². The lowest BCUT2D eigenvalue weighted by molar-refractivity contribution is -0.139. The third-order valence-corrected chi connectivity index (χ3v) is 0.859. The quantitative estimate of drug-likeness (QED) is 0.525. The van der Waals surface area contributed by atoms with E-state index in [0.717, 1.165) is 0 Å². The van der Waals surface area contributed by atoms with Crippen LogP contribution in [0.25, 0.3) is 0 Å². The highest BCUT2D eigenvalue weighted by atomic mass is 16.5. The molecule has 0 aliphatic rings. The molecule has 0 aliphatic heterocycles. The molecule has 0 atom stereocenters. The number of carbonyl (C=O) groups is 1. The Morgan fingerprint density at radius 1 is 1.75 bits per heavy atom. The van der Waals surface area contributed by atoms with Gasteiger partial charge in [-0.1, -0.05) is 0 Å². The molecule has 2 N–H and O–H groups in total. The van der Waals surface area contributed by atoms with Crippen molar-refractivity contribution in [2.45, 2.75) is 19.4 Å². The number of nitrogens with two attached hydrogens (primary N) is 1. The van der Waals surface area contributed by atoms with Crippen molar-refractivity contribution in [2.24, 2.45) is 5.73 Å². The summed E-state index contributed by atoms with van der Waals surface area (Å²) in [6.45, 7) is 4.27. The van der Waals surface area contributed by atoms with Crippen molar-refractivity contribution in [1.82, 2.24) is 0 Å². The van der Waals surface area contributed by atoms with E-state index >= 15 is 0 Å². The van der Waals surface area contributed by atoms with Crippen molar-refractivity contribution >= 4 is 6.47 Å². The monoisotopic (exact) mass is 117 g/mol. The first-order valence-corrected chi connectivity index (χ1v) is 2.44. The smallest absolute Gasteiger partial charge is 0.293 e. The molecule has 48 valence electrons. The van der Waals surface area contributed by atoms with Crippen LogP contribution in [0.5, 0.6) is 0 Å². The van der Waals surface area contributed by atoms with Crippen LogP contribution in [0, 0.1) is 0 Å². The van der Waals surface area contributed by atoms with Crippen molar-refractivity contribution in [3.63, 3.8) is 0 Å². The third kappa shape index (κ3) is 2.58. The summed E-state index contributed by atoms with van der Waals surface area (Å²) in [5.41, 5.74) is 4.71. The van der Waals surface area contributed by atoms with Crippen LogP contribution in [0.3, 0.4) is 0 Å². The summed E-state index contributed by atoms with van der Waals surface area (Å²) in [6, 6.07) is 0. The molecular formula is C5H11NO2. The minimum atomic E-state index is -0.498. The lowest BCUT2D eigenvalue weighted by Gasteiger charge is -2.18. The lowest BCUT2D eigenvalue weighted by Crippen LogP contribution is -2.33. The zero-order valence-electron chi connectivity index (χ0n) is 5.18. The number of ether oxygens (including phenoxy) is 1. The average Bonchev–Trinajstić information content (AvgIpc) is 1.67. The molecule has 0 aromatic rings. The van der Waals surface area contributed by atoms with Crippen molar-refractivity contribution in [1.29, 1.82) is 0 Å². The summed E-state index contributed by atoms with van der Waals surface area (Å²) < 4.78 is 4.57. The first-order chi connectivity index (χ1) is 3.62. The van der Waals surface area contributed by atoms with Gasteiger partial charge < -0.3 is 10.5 Å². The molecule has 8 heavy (non-hydrogen) atoms. The molecule has 3 heteroatoms. The van der Waals surface area contributed by atoms with Gasteiger partial charge in [-0.25, -0.2) is 0 Å². The Hall–Kier alpha value is -0.570. The highest BCUT2D eigenvalue weighted by Crippen LogP contribution is 2.02. The van der Waals surface area contributed by atoms with Gasteiger partial charge in [0.05, 0.1) is 0 Å². The highest BCUT2D eigenvalue weighted by Gasteiger charge is 2.14. The Morgan fingerprint density at radius 3 is 2.38 bits per heavy atom. The van der Waals surface area contributed by atoms with E-state index in [4.69, 9.17) is 5.73 Å². The van der Waals surface area contributed by atoms with Gasteiger partial charge in [0.2, 0.25) is 0 Å². The molecular weight excluding hydrogens is 106 g/mol. The van der Waals surface area contributed by atoms with E-state index in [0.29, 0.717) is 13.0 Å². The Labute approximate surface area is 48.8 Å². The molecule has 0 bridgehead atoms. The fourth-order valence-corrected chi connectivity index (χ4v) is 0.178. The zero-order chi connectivity index (χ0) is 6.62. The second-order valence-corrected chi connectivity index (χ2v) is 2.18. The van der Waals surface area contributed by atoms with E-state index in [9.17, 15) is 4.79 Å². The van der Waals surface area contributed by atoms with E-state index in [2.05, 4.69) is 4.74 Å². The van der Waals surface area contributed by atoms with Gasteiger partial charge in [0, 0.05) is 6.54 Å². The maximum Gasteiger partial charge on any atom is 0.293 e. The van der Waals surface area contributed by atoms with Gasteiger partial charge >= 0.3 is 0 Å². The molecule has 0 saturated heterocycles. The van der Waals surface area contributed by atoms with Crippen molar-refractivity contribution in [2.75, 3.05) is 6.54 Å². The van der Waals surface area contributed by atoms with E-state index in [1.165, 1.54) is 0 Å². The molecule has 0 unspecified atom stereocenters. The Kier molecular flexibility index (Phi) is 2.48. The summed E-state index contributed by atoms with van der Waals surface area (Å²) in [6.07, 6.45) is 0. The van der Waals surface area contributed by atoms with E-state index in [1.807, 2.05) is 0 Å². The SMILES string of the molecule is CC(C)(CN)OC=O. The molecule has 0 aromatic carbocycles. The van der Waals surface area contributed by atoms with Crippen molar-refractivity contribution < 1.29 is 9.53 Å². The number of hydrogen-bond donors (Lipinski definition) is 1. The summed E-state index contributed by atoms with van der Waals surface area (Å²) in [7, 11) is 0. The maximum absolute atomic E-state index is 9.70. The van der Waals surface area contributed by atoms with Crippen LogP contribution < -0.4 is 5.73 Å². The summed E-state index contributed by atoms with van der Waals surface area (Å²) in [5.74, 6) is 0. The van der Waals surface area contributed by atoms with Crippen LogP contribution in [0.1, 0.15) is 13.8 Å². The van der Waals surface area contributed by atoms with Crippen LogP contribution >= 0.6 is 0 Å². The number of rotatable bonds is 3. The van der Waals surface area contributed by atoms with Crippen molar-refractivity contribution in [3.05, 3.63) is 0 Å². The Bertz CT molecular complexity index is 80.5. The predicted molar refractivity (Wildman–Crippen MR) is 30.3 cm³/mol. The standard InChI is InChI=1S/C5H11NO2/c1-5(2,3-6)8-4-7/h4H,3,6H2,1-2H3. The predicted octanol–water partition coefficient (Wildman–Crippen LogP) is -0.103. The topological polar surface area (TPSA) is 52.3 Å². The largest absolute Gasteiger partial charge is 0.461 e. The van der Waals surface area contributed by atoms with E-state index in [1.54, 1.807) is 13.8 Å². The normalized spacial score (nSPS) is 10.9. The molecule has 0 aromatic heterocycles. The Morgan fingerprint density at radius 2 is 2.25 bits per heavy atom. The molecule has 3 nitrogen and oxygen atoms in total. The molecule has 0 fully saturated rings. The summed E-state index contributed by atoms with van der Waals surface area (Å²) in [5, 5.41) is 0. The highest BCUT2D eigenvalue weighted by molar-refractivity contribution is 5.38. The van der Waals surface area contributed by atoms with Gasteiger partial charge in [-0.3, -0.25) is 4.79 Å². The summed E-state index contributed by atoms with van der Waals surface area (Å²) >= 11 is 0. The number of carbonyl (C=O) groups excluding carboxylic acids is 1. The second kappa shape index (κ2) is 2.67. The average molecular weight is 117 g/mol. The van der Waals surface area contributed by atoms with Gasteiger partial charge in [-0.05, 0) is 13.8 Å². The molecule has 0 rings (SSSR count). The van der Waals surface area contributed by atoms with Gasteiger partial charge in [-0.15, -0.1) is 0 Å². The van der Waals surface area contributed by atoms with Gasteiger partial charge in [0.25, 0.3) is 6.47 Å². The second-order valence-electron chi connectivity index (χ2n) is 2.18. The fourth-order valence-electron chi connectivity index (χ4n) is 0.178. The molecule has 0 aliphatic carbocycles. The van der Waals surface area contributed by atoms with Gasteiger partial charge in [0.1, 0.15) is 5.60 Å². The molecule has 0 saturated carbocycles. The first kappa shape index (κ1) is 7.43. The van der Waals surface area contributed by atoms with Crippen LogP contribution in [0.15, 0.2) is 0 Å². The Balaban J connectivity index is 3.53. The third-order valence-electron chi connectivity index (χ3n) is 0.859. The maximum atomic E-state index is 9.70. The van der Waals surface area contributed by atoms with Crippen LogP contribution in [0.2, 0.25) is 0 Å². The lowest BCUT2D eigenvalue weighted by atomic mass is 10.1. The van der Waals surface area contributed by atoms with E-state index in [-0.39, 0.29) is 0 Å². The van der Waals surface area contributed by atoms with Gasteiger partial charge in [-0.2, -0.15) is 0 Å². The van der Waals surface area contributed by atoms with Gasteiger partial charge in [0.15, 0.2) is 0 Å². The molecule has 0 radical (unpaired) electrons.